The Morgan fingerprint density at radius 2 is 2.11 bits per heavy atom. The van der Waals surface area contributed by atoms with Gasteiger partial charge in [0, 0.05) is 0 Å². The fourth-order valence-corrected chi connectivity index (χ4v) is 0.440. The number of allylic oxidation sites excluding steroid dienone is 2. The molecule has 0 radical (unpaired) electrons. The first-order valence-corrected chi connectivity index (χ1v) is 2.96. The zero-order chi connectivity index (χ0) is 6.24. The van der Waals surface area contributed by atoms with E-state index in [4.69, 9.17) is 6.42 Å². The van der Waals surface area contributed by atoms with E-state index in [-0.39, 0.29) is 51.4 Å². The van der Waals surface area contributed by atoms with Crippen LogP contribution in [-0.4, -0.2) is 0 Å². The van der Waals surface area contributed by atoms with Crippen LogP contribution in [0.1, 0.15) is 26.2 Å². The molecule has 0 aliphatic carbocycles. The molecule has 0 fully saturated rings. The molecule has 1 heteroatoms. The van der Waals surface area contributed by atoms with Gasteiger partial charge in [-0.2, -0.15) is 0 Å². The zero-order valence-electron chi connectivity index (χ0n) is 6.28. The van der Waals surface area contributed by atoms with E-state index in [0.29, 0.717) is 0 Å². The van der Waals surface area contributed by atoms with Crippen molar-refractivity contribution in [2.45, 2.75) is 26.2 Å². The van der Waals surface area contributed by atoms with Crippen LogP contribution in [0, 0.1) is 12.3 Å². The molecular weight excluding hydrogens is 135 g/mol. The standard InChI is InChI=1S/C8H11.K/c1-3-5-7-8-6-4-2;/h5,7H,3,6,8H2,1H3;/q-1;+1/b7-5-;. The Balaban J connectivity index is 0. The number of hydrogen-bond acceptors (Lipinski definition) is 0. The van der Waals surface area contributed by atoms with Gasteiger partial charge in [0.1, 0.15) is 0 Å². The number of hydrogen-bond donors (Lipinski definition) is 0. The second kappa shape index (κ2) is 11.7. The van der Waals surface area contributed by atoms with Crippen molar-refractivity contribution >= 4 is 0 Å². The van der Waals surface area contributed by atoms with Gasteiger partial charge in [-0.05, 0) is 19.3 Å². The van der Waals surface area contributed by atoms with Gasteiger partial charge in [-0.3, -0.25) is 0 Å². The molecule has 0 aliphatic rings. The maximum absolute atomic E-state index is 6.55. The summed E-state index contributed by atoms with van der Waals surface area (Å²) in [5, 5.41) is 0. The van der Waals surface area contributed by atoms with Crippen molar-refractivity contribution in [1.29, 1.82) is 0 Å². The summed E-state index contributed by atoms with van der Waals surface area (Å²) in [6, 6.07) is 0. The third-order valence-electron chi connectivity index (χ3n) is 0.838. The van der Waals surface area contributed by atoms with Crippen LogP contribution in [-0.2, 0) is 0 Å². The minimum atomic E-state index is 0. The van der Waals surface area contributed by atoms with Gasteiger partial charge in [0.25, 0.3) is 0 Å². The summed E-state index contributed by atoms with van der Waals surface area (Å²) in [6.07, 6.45) is 13.6. The molecular formula is C8H11K. The fourth-order valence-electron chi connectivity index (χ4n) is 0.440. The second-order valence-electron chi connectivity index (χ2n) is 1.60. The van der Waals surface area contributed by atoms with Crippen molar-refractivity contribution in [3.63, 3.8) is 0 Å². The van der Waals surface area contributed by atoms with Gasteiger partial charge in [-0.15, -0.1) is 0 Å². The largest absolute Gasteiger partial charge is 1.00 e. The molecule has 0 aromatic carbocycles. The Morgan fingerprint density at radius 3 is 2.56 bits per heavy atom. The van der Waals surface area contributed by atoms with Crippen LogP contribution in [0.5, 0.6) is 0 Å². The van der Waals surface area contributed by atoms with Gasteiger partial charge in [0.2, 0.25) is 0 Å². The van der Waals surface area contributed by atoms with Gasteiger partial charge < -0.3 is 12.3 Å². The quantitative estimate of drug-likeness (QED) is 0.163. The van der Waals surface area contributed by atoms with E-state index in [1.165, 1.54) is 0 Å². The molecule has 9 heavy (non-hydrogen) atoms. The van der Waals surface area contributed by atoms with Crippen LogP contribution in [0.4, 0.5) is 0 Å². The summed E-state index contributed by atoms with van der Waals surface area (Å²) in [5.74, 6) is 2.33. The van der Waals surface area contributed by atoms with Crippen molar-refractivity contribution in [3.05, 3.63) is 18.6 Å². The number of unbranched alkanes of at least 4 members (excludes halogenated alkanes) is 1. The van der Waals surface area contributed by atoms with Crippen LogP contribution >= 0.6 is 0 Å². The van der Waals surface area contributed by atoms with Crippen molar-refractivity contribution in [2.24, 2.45) is 0 Å². The first kappa shape index (κ1) is 12.6. The third kappa shape index (κ3) is 12.2. The monoisotopic (exact) mass is 146 g/mol. The Labute approximate surface area is 101 Å². The summed E-state index contributed by atoms with van der Waals surface area (Å²) < 4.78 is 0. The number of rotatable bonds is 3. The predicted molar refractivity (Wildman–Crippen MR) is 35.8 cm³/mol. The molecule has 0 heterocycles. The Bertz CT molecular complexity index is 97.6. The molecule has 0 saturated carbocycles. The molecule has 0 aromatic heterocycles. The first-order valence-electron chi connectivity index (χ1n) is 2.96. The smallest absolute Gasteiger partial charge is 0.694 e. The average molecular weight is 146 g/mol. The summed E-state index contributed by atoms with van der Waals surface area (Å²) in [5.41, 5.74) is 0. The van der Waals surface area contributed by atoms with Gasteiger partial charge >= 0.3 is 51.4 Å². The Morgan fingerprint density at radius 1 is 1.44 bits per heavy atom. The molecule has 0 saturated heterocycles. The maximum Gasteiger partial charge on any atom is 1.00 e. The molecule has 0 amide bonds. The van der Waals surface area contributed by atoms with Gasteiger partial charge in [-0.1, -0.05) is 19.1 Å². The molecule has 44 valence electrons. The SMILES string of the molecule is [C-]#CCC/C=C\CC.[K+]. The molecule has 0 bridgehead atoms. The molecule has 0 aromatic rings. The topological polar surface area (TPSA) is 0 Å². The molecule has 0 N–H and O–H groups in total. The maximum atomic E-state index is 6.55. The van der Waals surface area contributed by atoms with Crippen LogP contribution in [0.15, 0.2) is 12.2 Å². The second-order valence-corrected chi connectivity index (χ2v) is 1.60. The average Bonchev–Trinajstić information content (AvgIpc) is 1.81. The molecule has 0 aliphatic heterocycles. The van der Waals surface area contributed by atoms with E-state index in [1.54, 1.807) is 0 Å². The van der Waals surface area contributed by atoms with Gasteiger partial charge in [0.15, 0.2) is 0 Å². The minimum absolute atomic E-state index is 0. The van der Waals surface area contributed by atoms with E-state index < -0.39 is 0 Å². The first-order chi connectivity index (χ1) is 3.91. The van der Waals surface area contributed by atoms with E-state index in [2.05, 4.69) is 25.0 Å². The van der Waals surface area contributed by atoms with Crippen molar-refractivity contribution in [1.82, 2.24) is 0 Å². The Kier molecular flexibility index (Phi) is 16.4. The van der Waals surface area contributed by atoms with Gasteiger partial charge in [0.05, 0.1) is 0 Å². The van der Waals surface area contributed by atoms with Crippen molar-refractivity contribution in [2.75, 3.05) is 0 Å². The predicted octanol–water partition coefficient (Wildman–Crippen LogP) is -0.673. The van der Waals surface area contributed by atoms with Crippen LogP contribution in [0.25, 0.3) is 0 Å². The summed E-state index contributed by atoms with van der Waals surface area (Å²) >= 11 is 0. The van der Waals surface area contributed by atoms with Gasteiger partial charge in [-0.25, -0.2) is 0 Å². The molecule has 0 atom stereocenters. The fraction of sp³-hybridized carbons (Fsp3) is 0.500. The normalized spacial score (nSPS) is 8.44. The van der Waals surface area contributed by atoms with E-state index in [9.17, 15) is 0 Å². The van der Waals surface area contributed by atoms with E-state index in [1.807, 2.05) is 0 Å². The van der Waals surface area contributed by atoms with Crippen LogP contribution < -0.4 is 51.4 Å². The van der Waals surface area contributed by atoms with E-state index in [0.717, 1.165) is 19.3 Å². The molecule has 0 unspecified atom stereocenters. The summed E-state index contributed by atoms with van der Waals surface area (Å²) in [6.45, 7) is 2.10. The van der Waals surface area contributed by atoms with Crippen molar-refractivity contribution < 1.29 is 51.4 Å². The van der Waals surface area contributed by atoms with Crippen LogP contribution in [0.2, 0.25) is 0 Å². The third-order valence-corrected chi connectivity index (χ3v) is 0.838. The molecule has 0 rings (SSSR count). The van der Waals surface area contributed by atoms with Crippen LogP contribution in [0.3, 0.4) is 0 Å². The Hall–Kier alpha value is 0.936. The van der Waals surface area contributed by atoms with Crippen molar-refractivity contribution in [3.8, 4) is 5.92 Å². The molecule has 0 spiro atoms. The molecule has 0 nitrogen and oxygen atoms in total. The summed E-state index contributed by atoms with van der Waals surface area (Å²) in [7, 11) is 0. The zero-order valence-corrected chi connectivity index (χ0v) is 9.40. The summed E-state index contributed by atoms with van der Waals surface area (Å²) in [4.78, 5) is 0. The van der Waals surface area contributed by atoms with E-state index >= 15 is 0 Å². The minimum Gasteiger partial charge on any atom is -0.694 e.